The van der Waals surface area contributed by atoms with Crippen molar-refractivity contribution in [1.29, 1.82) is 0 Å². The Bertz CT molecular complexity index is 1000. The summed E-state index contributed by atoms with van der Waals surface area (Å²) in [5.74, 6) is -3.51. The fourth-order valence-electron chi connectivity index (χ4n) is 3.45. The van der Waals surface area contributed by atoms with Gasteiger partial charge in [-0.2, -0.15) is 0 Å². The van der Waals surface area contributed by atoms with Gasteiger partial charge in [0.05, 0.1) is 35.2 Å². The average Bonchev–Trinajstić information content (AvgIpc) is 2.74. The molecule has 0 amide bonds. The number of nitrogens with one attached hydrogen (secondary N) is 1. The van der Waals surface area contributed by atoms with Crippen molar-refractivity contribution in [3.8, 4) is 0 Å². The molecule has 1 aliphatic rings. The number of carboxylic acid groups (broad SMARTS) is 1. The van der Waals surface area contributed by atoms with Crippen LogP contribution in [-0.4, -0.2) is 40.3 Å². The summed E-state index contributed by atoms with van der Waals surface area (Å²) in [5.41, 5.74) is 5.76. The first-order chi connectivity index (χ1) is 15.6. The number of allylic oxidation sites excluding steroid dienone is 1. The van der Waals surface area contributed by atoms with Crippen LogP contribution in [0.5, 0.6) is 0 Å². The van der Waals surface area contributed by atoms with Gasteiger partial charge >= 0.3 is 11.9 Å². The number of dihydropyridines is 1. The number of nitro groups is 1. The second kappa shape index (κ2) is 11.5. The minimum Gasteiger partial charge on any atom is -0.478 e. The maximum atomic E-state index is 12.9. The van der Waals surface area contributed by atoms with E-state index < -0.39 is 27.9 Å². The Morgan fingerprint density at radius 1 is 1.12 bits per heavy atom. The molecule has 4 N–H and O–H groups in total. The second-order valence-electron chi connectivity index (χ2n) is 7.19. The van der Waals surface area contributed by atoms with Crippen LogP contribution < -0.4 is 11.1 Å². The van der Waals surface area contributed by atoms with Crippen molar-refractivity contribution in [3.05, 3.63) is 72.7 Å². The lowest BCUT2D eigenvalue weighted by atomic mass is 9.81. The number of unbranched alkanes of at least 4 members (excludes halogenated alkanes) is 3. The van der Waals surface area contributed by atoms with E-state index in [1.165, 1.54) is 31.2 Å². The topological polar surface area (TPSA) is 197 Å². The number of nitrogens with two attached hydrogens (primary N) is 1. The predicted octanol–water partition coefficient (Wildman–Crippen LogP) is 2.12. The maximum Gasteiger partial charge on any atom is 0.336 e. The van der Waals surface area contributed by atoms with Crippen LogP contribution in [0.15, 0.2) is 46.9 Å². The smallest absolute Gasteiger partial charge is 0.336 e. The van der Waals surface area contributed by atoms with Gasteiger partial charge in [-0.05, 0) is 31.7 Å². The number of carboxylic acids is 1. The first kappa shape index (κ1) is 25.1. The molecule has 1 aromatic carbocycles. The molecule has 0 aromatic heterocycles. The second-order valence-corrected chi connectivity index (χ2v) is 7.19. The van der Waals surface area contributed by atoms with Crippen LogP contribution in [0.25, 0.3) is 0 Å². The fourth-order valence-corrected chi connectivity index (χ4v) is 3.45. The van der Waals surface area contributed by atoms with Gasteiger partial charge in [-0.25, -0.2) is 9.59 Å². The summed E-state index contributed by atoms with van der Waals surface area (Å²) >= 11 is 0. The molecule has 1 heterocycles. The van der Waals surface area contributed by atoms with Crippen LogP contribution in [-0.2, 0) is 19.2 Å². The van der Waals surface area contributed by atoms with Crippen LogP contribution in [0.4, 0.5) is 5.69 Å². The van der Waals surface area contributed by atoms with E-state index in [1.807, 2.05) is 0 Å². The number of hydrogen-bond acceptors (Lipinski definition) is 10. The number of hydrogen-bond donors (Lipinski definition) is 3. The Labute approximate surface area is 188 Å². The molecule has 1 atom stereocenters. The lowest BCUT2D eigenvalue weighted by Crippen LogP contribution is -2.35. The number of carbonyl (C=O) groups is 2. The highest BCUT2D eigenvalue weighted by Crippen LogP contribution is 2.38. The highest BCUT2D eigenvalue weighted by Gasteiger charge is 2.38. The van der Waals surface area contributed by atoms with Gasteiger partial charge in [0.25, 0.3) is 10.8 Å². The van der Waals surface area contributed by atoms with Gasteiger partial charge in [-0.1, -0.05) is 18.6 Å². The third kappa shape index (κ3) is 6.66. The van der Waals surface area contributed by atoms with E-state index in [-0.39, 0.29) is 47.1 Å². The van der Waals surface area contributed by atoms with Gasteiger partial charge in [0.15, 0.2) is 0 Å². The number of carbonyl (C=O) groups excluding carboxylic acids is 1. The predicted molar refractivity (Wildman–Crippen MR) is 113 cm³/mol. The van der Waals surface area contributed by atoms with Crippen LogP contribution in [0, 0.1) is 20.2 Å². The molecule has 2 rings (SSSR count). The number of nitro benzene ring substituents is 1. The van der Waals surface area contributed by atoms with E-state index >= 15 is 0 Å². The minimum atomic E-state index is -1.38. The Morgan fingerprint density at radius 3 is 2.39 bits per heavy atom. The Hall–Kier alpha value is -4.16. The highest BCUT2D eigenvalue weighted by molar-refractivity contribution is 5.99. The molecule has 33 heavy (non-hydrogen) atoms. The molecule has 178 valence electrons. The van der Waals surface area contributed by atoms with Gasteiger partial charge in [0.2, 0.25) is 0 Å². The van der Waals surface area contributed by atoms with Gasteiger partial charge in [-0.3, -0.25) is 10.1 Å². The maximum absolute atomic E-state index is 12.9. The minimum absolute atomic E-state index is 0.0125. The van der Waals surface area contributed by atoms with Crippen molar-refractivity contribution in [2.24, 2.45) is 5.73 Å². The van der Waals surface area contributed by atoms with Crippen molar-refractivity contribution in [1.82, 2.24) is 5.32 Å². The standard InChI is InChI=1S/C20H24N4O9/c1-12-15(20(27)32-9-4-2-3-5-10-33-24(30)31)16(17(19(25)26)18(21)22-12)13-7-6-8-14(11-13)23(28)29/h6-8,11,16,22H,2-5,9-10,21H2,1H3,(H,25,26). The molecule has 13 heteroatoms. The summed E-state index contributed by atoms with van der Waals surface area (Å²) in [6.45, 7) is 1.55. The lowest BCUT2D eigenvalue weighted by molar-refractivity contribution is -0.757. The average molecular weight is 464 g/mol. The van der Waals surface area contributed by atoms with E-state index in [2.05, 4.69) is 10.2 Å². The highest BCUT2D eigenvalue weighted by atomic mass is 16.9. The van der Waals surface area contributed by atoms with E-state index in [0.717, 1.165) is 0 Å². The number of rotatable bonds is 12. The van der Waals surface area contributed by atoms with Gasteiger partial charge in [0.1, 0.15) is 5.82 Å². The summed E-state index contributed by atoms with van der Waals surface area (Å²) < 4.78 is 5.32. The summed E-state index contributed by atoms with van der Waals surface area (Å²) in [7, 11) is 0. The Morgan fingerprint density at radius 2 is 1.79 bits per heavy atom. The van der Waals surface area contributed by atoms with Crippen molar-refractivity contribution in [3.63, 3.8) is 0 Å². The molecule has 0 spiro atoms. The molecule has 0 fully saturated rings. The Kier molecular flexibility index (Phi) is 8.72. The monoisotopic (exact) mass is 464 g/mol. The van der Waals surface area contributed by atoms with Crippen LogP contribution >= 0.6 is 0 Å². The molecule has 0 saturated carbocycles. The SMILES string of the molecule is CC1=C(C(=O)OCCCCCCO[N+](=O)[O-])C(c2cccc([N+](=O)[O-])c2)C(C(=O)O)=C(N)N1. The molecule has 0 aliphatic carbocycles. The van der Waals surface area contributed by atoms with E-state index in [9.17, 15) is 34.9 Å². The largest absolute Gasteiger partial charge is 0.478 e. The number of nitrogens with zero attached hydrogens (tertiary/aromatic N) is 2. The van der Waals surface area contributed by atoms with Crippen molar-refractivity contribution >= 4 is 17.6 Å². The zero-order chi connectivity index (χ0) is 24.5. The van der Waals surface area contributed by atoms with Crippen molar-refractivity contribution in [2.45, 2.75) is 38.5 Å². The Balaban J connectivity index is 2.16. The zero-order valence-electron chi connectivity index (χ0n) is 17.8. The third-order valence-corrected chi connectivity index (χ3v) is 4.93. The quantitative estimate of drug-likeness (QED) is 0.177. The van der Waals surface area contributed by atoms with Crippen LogP contribution in [0.3, 0.4) is 0 Å². The summed E-state index contributed by atoms with van der Waals surface area (Å²) in [6, 6.07) is 5.32. The zero-order valence-corrected chi connectivity index (χ0v) is 17.8. The summed E-state index contributed by atoms with van der Waals surface area (Å²) in [4.78, 5) is 49.7. The first-order valence-electron chi connectivity index (χ1n) is 10.0. The molecule has 0 saturated heterocycles. The molecular weight excluding hydrogens is 440 g/mol. The molecular formula is C20H24N4O9. The van der Waals surface area contributed by atoms with Gasteiger partial charge in [0, 0.05) is 17.8 Å². The summed E-state index contributed by atoms with van der Waals surface area (Å²) in [5, 5.41) is 32.8. The number of benzene rings is 1. The molecule has 1 unspecified atom stereocenters. The molecule has 0 bridgehead atoms. The number of aliphatic carboxylic acids is 1. The van der Waals surface area contributed by atoms with E-state index in [4.69, 9.17) is 10.5 Å². The third-order valence-electron chi connectivity index (χ3n) is 4.93. The van der Waals surface area contributed by atoms with Gasteiger partial charge < -0.3 is 25.7 Å². The first-order valence-corrected chi connectivity index (χ1v) is 10.0. The molecule has 1 aliphatic heterocycles. The van der Waals surface area contributed by atoms with E-state index in [0.29, 0.717) is 25.7 Å². The lowest BCUT2D eigenvalue weighted by Gasteiger charge is -2.29. The molecule has 0 radical (unpaired) electrons. The van der Waals surface area contributed by atoms with Crippen molar-refractivity contribution < 1.29 is 34.3 Å². The molecule has 13 nitrogen and oxygen atoms in total. The normalized spacial score (nSPS) is 15.6. The van der Waals surface area contributed by atoms with E-state index in [1.54, 1.807) is 0 Å². The van der Waals surface area contributed by atoms with Crippen LogP contribution in [0.1, 0.15) is 44.1 Å². The van der Waals surface area contributed by atoms with Gasteiger partial charge in [-0.15, -0.1) is 10.1 Å². The number of non-ortho nitro benzene ring substituents is 1. The number of ether oxygens (including phenoxy) is 1. The summed E-state index contributed by atoms with van der Waals surface area (Å²) in [6.07, 6.45) is 2.22. The molecule has 1 aromatic rings. The van der Waals surface area contributed by atoms with Crippen LogP contribution in [0.2, 0.25) is 0 Å². The number of esters is 1. The van der Waals surface area contributed by atoms with Crippen molar-refractivity contribution in [2.75, 3.05) is 13.2 Å². The fraction of sp³-hybridized carbons (Fsp3) is 0.400.